The van der Waals surface area contributed by atoms with Gasteiger partial charge in [-0.1, -0.05) is 6.92 Å². The third-order valence-electron chi connectivity index (χ3n) is 2.11. The molecule has 1 heterocycles. The van der Waals surface area contributed by atoms with Gasteiger partial charge in [0.15, 0.2) is 0 Å². The molecule has 0 radical (unpaired) electrons. The molecule has 0 aliphatic rings. The molecule has 0 atom stereocenters. The molecule has 7 nitrogen and oxygen atoms in total. The predicted molar refractivity (Wildman–Crippen MR) is 79.8 cm³/mol. The summed E-state index contributed by atoms with van der Waals surface area (Å²) in [7, 11) is -3.16. The quantitative estimate of drug-likeness (QED) is 0.605. The van der Waals surface area contributed by atoms with Crippen molar-refractivity contribution in [2.75, 3.05) is 36.5 Å². The fourth-order valence-electron chi connectivity index (χ4n) is 1.28. The number of halogens is 1. The number of sulfonamides is 1. The van der Waals surface area contributed by atoms with Gasteiger partial charge in [-0.3, -0.25) is 0 Å². The number of nitrogens with one attached hydrogen (secondary N) is 3. The SMILES string of the molecule is CCCNc1ncnc(NCCNS(C)(=O)=O)c1Br. The summed E-state index contributed by atoms with van der Waals surface area (Å²) in [5.41, 5.74) is 0. The zero-order valence-corrected chi connectivity index (χ0v) is 13.3. The third kappa shape index (κ3) is 6.17. The van der Waals surface area contributed by atoms with Gasteiger partial charge in [-0.05, 0) is 22.4 Å². The first-order valence-corrected chi connectivity index (χ1v) is 8.55. The molecule has 0 saturated heterocycles. The number of hydrogen-bond donors (Lipinski definition) is 3. The second-order valence-electron chi connectivity index (χ2n) is 3.90. The molecule has 0 bridgehead atoms. The van der Waals surface area contributed by atoms with Crippen molar-refractivity contribution in [3.8, 4) is 0 Å². The van der Waals surface area contributed by atoms with Gasteiger partial charge in [0.25, 0.3) is 0 Å². The second kappa shape index (κ2) is 7.61. The third-order valence-corrected chi connectivity index (χ3v) is 3.59. The standard InChI is InChI=1S/C10H18BrN5O2S/c1-3-4-12-9-8(11)10(15-7-14-9)13-5-6-16-19(2,17)18/h7,16H,3-6H2,1-2H3,(H2,12,13,14,15). The van der Waals surface area contributed by atoms with E-state index < -0.39 is 10.0 Å². The predicted octanol–water partition coefficient (Wildman–Crippen LogP) is 1.02. The Hall–Kier alpha value is -0.930. The summed E-state index contributed by atoms with van der Waals surface area (Å²) in [5, 5.41) is 6.21. The van der Waals surface area contributed by atoms with Crippen molar-refractivity contribution in [2.45, 2.75) is 13.3 Å². The summed E-state index contributed by atoms with van der Waals surface area (Å²) in [6, 6.07) is 0. The van der Waals surface area contributed by atoms with Crippen LogP contribution in [0.15, 0.2) is 10.8 Å². The molecule has 0 fully saturated rings. The lowest BCUT2D eigenvalue weighted by molar-refractivity contribution is 0.589. The normalized spacial score (nSPS) is 11.3. The van der Waals surface area contributed by atoms with Gasteiger partial charge in [-0.25, -0.2) is 23.1 Å². The summed E-state index contributed by atoms with van der Waals surface area (Å²) in [6.07, 6.45) is 3.58. The highest BCUT2D eigenvalue weighted by molar-refractivity contribution is 9.10. The van der Waals surface area contributed by atoms with Gasteiger partial charge in [-0.15, -0.1) is 0 Å². The van der Waals surface area contributed by atoms with Crippen molar-refractivity contribution in [2.24, 2.45) is 0 Å². The number of hydrogen-bond acceptors (Lipinski definition) is 6. The van der Waals surface area contributed by atoms with E-state index in [0.29, 0.717) is 18.9 Å². The highest BCUT2D eigenvalue weighted by Gasteiger charge is 2.07. The Balaban J connectivity index is 2.54. The number of rotatable bonds is 8. The van der Waals surface area contributed by atoms with Gasteiger partial charge in [0.05, 0.1) is 6.26 Å². The maximum Gasteiger partial charge on any atom is 0.208 e. The van der Waals surface area contributed by atoms with Crippen LogP contribution in [0, 0.1) is 0 Å². The van der Waals surface area contributed by atoms with Crippen molar-refractivity contribution in [1.82, 2.24) is 14.7 Å². The molecule has 0 unspecified atom stereocenters. The Morgan fingerprint density at radius 2 is 1.74 bits per heavy atom. The highest BCUT2D eigenvalue weighted by atomic mass is 79.9. The molecule has 1 aromatic heterocycles. The average Bonchev–Trinajstić information content (AvgIpc) is 2.33. The zero-order valence-electron chi connectivity index (χ0n) is 10.9. The van der Waals surface area contributed by atoms with E-state index in [-0.39, 0.29) is 0 Å². The summed E-state index contributed by atoms with van der Waals surface area (Å²) in [5.74, 6) is 1.35. The molecule has 0 spiro atoms. The van der Waals surface area contributed by atoms with Crippen LogP contribution >= 0.6 is 15.9 Å². The van der Waals surface area contributed by atoms with E-state index in [9.17, 15) is 8.42 Å². The molecular weight excluding hydrogens is 334 g/mol. The first-order valence-electron chi connectivity index (χ1n) is 5.87. The van der Waals surface area contributed by atoms with Crippen LogP contribution < -0.4 is 15.4 Å². The molecule has 108 valence electrons. The van der Waals surface area contributed by atoms with E-state index in [1.54, 1.807) is 0 Å². The van der Waals surface area contributed by atoms with Crippen LogP contribution in [0.25, 0.3) is 0 Å². The van der Waals surface area contributed by atoms with Crippen LogP contribution in [-0.2, 0) is 10.0 Å². The van der Waals surface area contributed by atoms with E-state index in [4.69, 9.17) is 0 Å². The van der Waals surface area contributed by atoms with Crippen LogP contribution in [-0.4, -0.2) is 44.3 Å². The van der Waals surface area contributed by atoms with E-state index >= 15 is 0 Å². The molecule has 19 heavy (non-hydrogen) atoms. The van der Waals surface area contributed by atoms with Crippen molar-refractivity contribution in [1.29, 1.82) is 0 Å². The van der Waals surface area contributed by atoms with Gasteiger partial charge >= 0.3 is 0 Å². The minimum absolute atomic E-state index is 0.299. The van der Waals surface area contributed by atoms with Gasteiger partial charge in [0, 0.05) is 19.6 Å². The van der Waals surface area contributed by atoms with Crippen LogP contribution in [0.1, 0.15) is 13.3 Å². The van der Waals surface area contributed by atoms with E-state index in [1.807, 2.05) is 0 Å². The summed E-state index contributed by atoms with van der Waals surface area (Å²) < 4.78 is 24.9. The van der Waals surface area contributed by atoms with Crippen LogP contribution in [0.2, 0.25) is 0 Å². The Labute approximate surface area is 121 Å². The minimum atomic E-state index is -3.16. The first-order chi connectivity index (χ1) is 8.94. The number of aromatic nitrogens is 2. The van der Waals surface area contributed by atoms with Gasteiger partial charge in [0.2, 0.25) is 10.0 Å². The minimum Gasteiger partial charge on any atom is -0.369 e. The lowest BCUT2D eigenvalue weighted by Gasteiger charge is -2.11. The van der Waals surface area contributed by atoms with Crippen LogP contribution in [0.5, 0.6) is 0 Å². The maximum absolute atomic E-state index is 10.9. The van der Waals surface area contributed by atoms with E-state index in [2.05, 4.69) is 48.2 Å². The van der Waals surface area contributed by atoms with E-state index in [0.717, 1.165) is 29.5 Å². The fourth-order valence-corrected chi connectivity index (χ4v) is 2.24. The molecule has 0 aliphatic heterocycles. The van der Waals surface area contributed by atoms with Crippen molar-refractivity contribution < 1.29 is 8.42 Å². The topological polar surface area (TPSA) is 96.0 Å². The molecular formula is C10H18BrN5O2S. The molecule has 9 heteroatoms. The Kier molecular flexibility index (Phi) is 6.46. The van der Waals surface area contributed by atoms with E-state index in [1.165, 1.54) is 6.33 Å². The first kappa shape index (κ1) is 16.1. The zero-order chi connectivity index (χ0) is 14.3. The molecule has 0 amide bonds. The lowest BCUT2D eigenvalue weighted by atomic mass is 10.4. The van der Waals surface area contributed by atoms with Gasteiger partial charge in [-0.2, -0.15) is 0 Å². The summed E-state index contributed by atoms with van der Waals surface area (Å²) in [4.78, 5) is 8.22. The number of anilines is 2. The van der Waals surface area contributed by atoms with Crippen molar-refractivity contribution >= 4 is 37.6 Å². The maximum atomic E-state index is 10.9. The largest absolute Gasteiger partial charge is 0.369 e. The molecule has 1 rings (SSSR count). The van der Waals surface area contributed by atoms with Crippen LogP contribution in [0.4, 0.5) is 11.6 Å². The van der Waals surface area contributed by atoms with Crippen LogP contribution in [0.3, 0.4) is 0 Å². The highest BCUT2D eigenvalue weighted by Crippen LogP contribution is 2.26. The van der Waals surface area contributed by atoms with Gasteiger partial charge in [0.1, 0.15) is 22.4 Å². The fraction of sp³-hybridized carbons (Fsp3) is 0.600. The lowest BCUT2D eigenvalue weighted by Crippen LogP contribution is -2.27. The molecule has 3 N–H and O–H groups in total. The average molecular weight is 352 g/mol. The molecule has 0 saturated carbocycles. The summed E-state index contributed by atoms with van der Waals surface area (Å²) in [6.45, 7) is 3.63. The second-order valence-corrected chi connectivity index (χ2v) is 6.53. The Morgan fingerprint density at radius 3 is 2.26 bits per heavy atom. The smallest absolute Gasteiger partial charge is 0.208 e. The Morgan fingerprint density at radius 1 is 1.16 bits per heavy atom. The number of nitrogens with zero attached hydrogens (tertiary/aromatic N) is 2. The molecule has 0 aromatic carbocycles. The monoisotopic (exact) mass is 351 g/mol. The van der Waals surface area contributed by atoms with Crippen molar-refractivity contribution in [3.63, 3.8) is 0 Å². The summed E-state index contributed by atoms with van der Waals surface area (Å²) >= 11 is 3.41. The van der Waals surface area contributed by atoms with Gasteiger partial charge < -0.3 is 10.6 Å². The molecule has 0 aliphatic carbocycles. The molecule has 1 aromatic rings. The van der Waals surface area contributed by atoms with Crippen molar-refractivity contribution in [3.05, 3.63) is 10.8 Å². The Bertz CT molecular complexity index is 509.